The molecule has 0 bridgehead atoms. The molecule has 0 aliphatic carbocycles. The van der Waals surface area contributed by atoms with E-state index in [0.29, 0.717) is 5.02 Å². The van der Waals surface area contributed by atoms with Gasteiger partial charge in [0.15, 0.2) is 6.61 Å². The predicted octanol–water partition coefficient (Wildman–Crippen LogP) is 2.92. The van der Waals surface area contributed by atoms with E-state index >= 15 is 0 Å². The fraction of sp³-hybridized carbons (Fsp3) is 0.167. The molecule has 0 heterocycles. The van der Waals surface area contributed by atoms with Gasteiger partial charge in [0, 0.05) is 10.6 Å². The third kappa shape index (κ3) is 5.75. The lowest BCUT2D eigenvalue weighted by molar-refractivity contribution is -0.148. The monoisotopic (exact) mass is 396 g/mol. The third-order valence-electron chi connectivity index (χ3n) is 3.38. The molecule has 0 saturated heterocycles. The lowest BCUT2D eigenvalue weighted by Gasteiger charge is -2.13. The van der Waals surface area contributed by atoms with Crippen LogP contribution in [-0.4, -0.2) is 30.4 Å². The van der Waals surface area contributed by atoms with E-state index in [1.807, 2.05) is 5.32 Å². The Morgan fingerprint density at radius 2 is 1.67 bits per heavy atom. The Bertz CT molecular complexity index is 839. The van der Waals surface area contributed by atoms with Gasteiger partial charge < -0.3 is 15.4 Å². The molecule has 0 aromatic heterocycles. The topological polar surface area (TPSA) is 84.5 Å². The molecule has 2 N–H and O–H groups in total. The van der Waals surface area contributed by atoms with Crippen molar-refractivity contribution in [2.75, 3.05) is 11.9 Å². The van der Waals surface area contributed by atoms with Crippen molar-refractivity contribution in [1.82, 2.24) is 5.32 Å². The molecule has 0 fully saturated rings. The average molecular weight is 397 g/mol. The average Bonchev–Trinajstić information content (AvgIpc) is 2.63. The van der Waals surface area contributed by atoms with E-state index < -0.39 is 47.8 Å². The largest absolute Gasteiger partial charge is 0.454 e. The van der Waals surface area contributed by atoms with Gasteiger partial charge in [-0.1, -0.05) is 17.7 Å². The van der Waals surface area contributed by atoms with Crippen LogP contribution in [0.15, 0.2) is 42.5 Å². The van der Waals surface area contributed by atoms with Gasteiger partial charge in [-0.15, -0.1) is 0 Å². The Hall–Kier alpha value is -3.00. The number of halogens is 3. The van der Waals surface area contributed by atoms with E-state index in [-0.39, 0.29) is 5.56 Å². The molecule has 6 nitrogen and oxygen atoms in total. The fourth-order valence-electron chi connectivity index (χ4n) is 1.99. The van der Waals surface area contributed by atoms with Gasteiger partial charge in [0.25, 0.3) is 11.8 Å². The van der Waals surface area contributed by atoms with Crippen LogP contribution in [-0.2, 0) is 14.3 Å². The molecule has 0 unspecified atom stereocenters. The highest BCUT2D eigenvalue weighted by Crippen LogP contribution is 2.17. The zero-order chi connectivity index (χ0) is 20.0. The van der Waals surface area contributed by atoms with E-state index in [1.54, 1.807) is 0 Å². The number of anilines is 1. The molecule has 9 heteroatoms. The van der Waals surface area contributed by atoms with Crippen molar-refractivity contribution in [3.63, 3.8) is 0 Å². The number of nitrogens with one attached hydrogen (secondary N) is 2. The van der Waals surface area contributed by atoms with Crippen molar-refractivity contribution in [2.24, 2.45) is 0 Å². The molecular weight excluding hydrogens is 382 g/mol. The van der Waals surface area contributed by atoms with E-state index in [9.17, 15) is 23.2 Å². The second-order valence-electron chi connectivity index (χ2n) is 5.45. The van der Waals surface area contributed by atoms with E-state index in [0.717, 1.165) is 18.2 Å². The zero-order valence-electron chi connectivity index (χ0n) is 14.1. The minimum Gasteiger partial charge on any atom is -0.454 e. The first-order chi connectivity index (χ1) is 12.8. The van der Waals surface area contributed by atoms with Gasteiger partial charge >= 0.3 is 5.97 Å². The van der Waals surface area contributed by atoms with Crippen molar-refractivity contribution < 1.29 is 27.9 Å². The number of amides is 2. The number of benzene rings is 2. The molecule has 0 aliphatic heterocycles. The van der Waals surface area contributed by atoms with Gasteiger partial charge in [-0.25, -0.2) is 13.6 Å². The number of esters is 1. The van der Waals surface area contributed by atoms with E-state index in [2.05, 4.69) is 5.32 Å². The molecule has 0 radical (unpaired) electrons. The first-order valence-electron chi connectivity index (χ1n) is 7.75. The molecule has 0 aliphatic rings. The van der Waals surface area contributed by atoms with Gasteiger partial charge in [-0.3, -0.25) is 9.59 Å². The first kappa shape index (κ1) is 20.3. The molecule has 0 spiro atoms. The second kappa shape index (κ2) is 9.09. The lowest BCUT2D eigenvalue weighted by Crippen LogP contribution is -2.40. The Labute approximate surface area is 158 Å². The van der Waals surface area contributed by atoms with Gasteiger partial charge in [-0.2, -0.15) is 0 Å². The smallest absolute Gasteiger partial charge is 0.328 e. The Morgan fingerprint density at radius 1 is 1.07 bits per heavy atom. The summed E-state index contributed by atoms with van der Waals surface area (Å²) in [6.45, 7) is 0.596. The van der Waals surface area contributed by atoms with E-state index in [1.165, 1.54) is 31.2 Å². The predicted molar refractivity (Wildman–Crippen MR) is 94.3 cm³/mol. The summed E-state index contributed by atoms with van der Waals surface area (Å²) in [6, 6.07) is 8.03. The summed E-state index contributed by atoms with van der Waals surface area (Å²) in [5.41, 5.74) is -0.352. The molecular formula is C18H15ClF2N2O4. The maximum absolute atomic E-state index is 13.4. The number of carbonyl (C=O) groups excluding carboxylic acids is 3. The summed E-state index contributed by atoms with van der Waals surface area (Å²) >= 11 is 5.73. The maximum Gasteiger partial charge on any atom is 0.328 e. The van der Waals surface area contributed by atoms with Crippen LogP contribution in [0.4, 0.5) is 14.5 Å². The third-order valence-corrected chi connectivity index (χ3v) is 3.63. The van der Waals surface area contributed by atoms with Crippen LogP contribution in [0.25, 0.3) is 0 Å². The number of carbonyl (C=O) groups is 3. The first-order valence-corrected chi connectivity index (χ1v) is 8.12. The van der Waals surface area contributed by atoms with Gasteiger partial charge in [0.1, 0.15) is 23.4 Å². The summed E-state index contributed by atoms with van der Waals surface area (Å²) in [7, 11) is 0. The fourth-order valence-corrected chi connectivity index (χ4v) is 2.12. The second-order valence-corrected chi connectivity index (χ2v) is 5.89. The summed E-state index contributed by atoms with van der Waals surface area (Å²) in [5.74, 6) is -4.27. The lowest BCUT2D eigenvalue weighted by atomic mass is 10.2. The molecule has 1 atom stereocenters. The van der Waals surface area contributed by atoms with Crippen LogP contribution in [0.5, 0.6) is 0 Å². The number of hydrogen-bond donors (Lipinski definition) is 2. The standard InChI is InChI=1S/C18H15ClF2N2O4/c1-10(22-17(25)11-5-7-12(19)8-6-11)18(26)27-9-15(24)23-16-13(20)3-2-4-14(16)21/h2-8,10H,9H2,1H3,(H,22,25)(H,23,24)/t10-/m0/s1. The van der Waals surface area contributed by atoms with E-state index in [4.69, 9.17) is 16.3 Å². The van der Waals surface area contributed by atoms with Crippen molar-refractivity contribution in [1.29, 1.82) is 0 Å². The molecule has 142 valence electrons. The van der Waals surface area contributed by atoms with Gasteiger partial charge in [0.2, 0.25) is 0 Å². The summed E-state index contributed by atoms with van der Waals surface area (Å²) in [5, 5.41) is 4.83. The van der Waals surface area contributed by atoms with Crippen LogP contribution < -0.4 is 10.6 Å². The van der Waals surface area contributed by atoms with Crippen LogP contribution in [0.3, 0.4) is 0 Å². The maximum atomic E-state index is 13.4. The Balaban J connectivity index is 1.84. The molecule has 2 amide bonds. The van der Waals surface area contributed by atoms with Crippen LogP contribution in [0.2, 0.25) is 5.02 Å². The number of rotatable bonds is 6. The van der Waals surface area contributed by atoms with Crippen LogP contribution in [0, 0.1) is 11.6 Å². The number of hydrogen-bond acceptors (Lipinski definition) is 4. The Morgan fingerprint density at radius 3 is 2.26 bits per heavy atom. The van der Waals surface area contributed by atoms with Gasteiger partial charge in [0.05, 0.1) is 0 Å². The summed E-state index contributed by atoms with van der Waals surface area (Å²) in [4.78, 5) is 35.6. The minimum absolute atomic E-state index is 0.284. The molecule has 2 aromatic rings. The highest BCUT2D eigenvalue weighted by atomic mass is 35.5. The zero-order valence-corrected chi connectivity index (χ0v) is 14.8. The van der Waals surface area contributed by atoms with Crippen molar-refractivity contribution >= 4 is 35.1 Å². The van der Waals surface area contributed by atoms with Crippen LogP contribution >= 0.6 is 11.6 Å². The molecule has 27 heavy (non-hydrogen) atoms. The molecule has 2 aromatic carbocycles. The molecule has 0 saturated carbocycles. The normalized spacial score (nSPS) is 11.4. The minimum atomic E-state index is -1.05. The van der Waals surface area contributed by atoms with Crippen molar-refractivity contribution in [2.45, 2.75) is 13.0 Å². The Kier molecular flexibility index (Phi) is 6.84. The van der Waals surface area contributed by atoms with Gasteiger partial charge in [-0.05, 0) is 43.3 Å². The summed E-state index contributed by atoms with van der Waals surface area (Å²) < 4.78 is 31.6. The number of ether oxygens (including phenoxy) is 1. The molecule has 2 rings (SSSR count). The quantitative estimate of drug-likeness (QED) is 0.735. The van der Waals surface area contributed by atoms with Crippen LogP contribution in [0.1, 0.15) is 17.3 Å². The van der Waals surface area contributed by atoms with Crippen molar-refractivity contribution in [3.8, 4) is 0 Å². The van der Waals surface area contributed by atoms with Crippen molar-refractivity contribution in [3.05, 3.63) is 64.7 Å². The highest BCUT2D eigenvalue weighted by molar-refractivity contribution is 6.30. The number of para-hydroxylation sites is 1. The SMILES string of the molecule is C[C@H](NC(=O)c1ccc(Cl)cc1)C(=O)OCC(=O)Nc1c(F)cccc1F. The summed E-state index contributed by atoms with van der Waals surface area (Å²) in [6.07, 6.45) is 0. The highest BCUT2D eigenvalue weighted by Gasteiger charge is 2.20.